The Hall–Kier alpha value is -1.47. The molecule has 3 heterocycles. The van der Waals surface area contributed by atoms with Crippen LogP contribution >= 0.6 is 11.3 Å². The highest BCUT2D eigenvalue weighted by atomic mass is 32.1. The first-order valence-corrected chi connectivity index (χ1v) is 8.19. The highest BCUT2D eigenvalue weighted by molar-refractivity contribution is 7.11. The topological polar surface area (TPSA) is 64.3 Å². The van der Waals surface area contributed by atoms with E-state index in [2.05, 4.69) is 33.9 Å². The van der Waals surface area contributed by atoms with Crippen LogP contribution in [0.4, 0.5) is 0 Å². The van der Waals surface area contributed by atoms with Crippen LogP contribution in [0.5, 0.6) is 5.19 Å². The molecule has 0 N–H and O–H groups in total. The van der Waals surface area contributed by atoms with Crippen LogP contribution in [0, 0.1) is 0 Å². The Balaban J connectivity index is 1.47. The van der Waals surface area contributed by atoms with Gasteiger partial charge in [0.1, 0.15) is 6.10 Å². The Morgan fingerprint density at radius 2 is 2.24 bits per heavy atom. The average molecular weight is 308 g/mol. The zero-order valence-corrected chi connectivity index (χ0v) is 13.2. The van der Waals surface area contributed by atoms with Crippen molar-refractivity contribution in [2.45, 2.75) is 45.3 Å². The number of aromatic nitrogens is 3. The summed E-state index contributed by atoms with van der Waals surface area (Å²) in [4.78, 5) is 10.9. The molecule has 0 unspecified atom stereocenters. The molecular formula is C14H20N4O2S. The summed E-state index contributed by atoms with van der Waals surface area (Å²) in [7, 11) is 0. The predicted molar refractivity (Wildman–Crippen MR) is 79.4 cm³/mol. The SMILES string of the molecule is CC(C)c1noc(CN2CCC(Oc3nccs3)CC2)n1. The molecule has 3 rings (SSSR count). The van der Waals surface area contributed by atoms with Crippen molar-refractivity contribution in [2.75, 3.05) is 13.1 Å². The van der Waals surface area contributed by atoms with Gasteiger partial charge in [0, 0.05) is 30.6 Å². The van der Waals surface area contributed by atoms with Gasteiger partial charge in [0.25, 0.3) is 5.19 Å². The normalized spacial score (nSPS) is 17.5. The third-order valence-electron chi connectivity index (χ3n) is 3.57. The second-order valence-electron chi connectivity index (χ2n) is 5.59. The lowest BCUT2D eigenvalue weighted by molar-refractivity contribution is 0.0902. The molecule has 6 nitrogen and oxygen atoms in total. The minimum Gasteiger partial charge on any atom is -0.467 e. The Morgan fingerprint density at radius 3 is 2.86 bits per heavy atom. The fourth-order valence-corrected chi connectivity index (χ4v) is 2.91. The fourth-order valence-electron chi connectivity index (χ4n) is 2.35. The number of likely N-dealkylation sites (tertiary alicyclic amines) is 1. The first-order valence-electron chi connectivity index (χ1n) is 7.31. The zero-order chi connectivity index (χ0) is 14.7. The van der Waals surface area contributed by atoms with Gasteiger partial charge in [-0.25, -0.2) is 4.98 Å². The smallest absolute Gasteiger partial charge is 0.273 e. The minimum absolute atomic E-state index is 0.265. The van der Waals surface area contributed by atoms with Crippen molar-refractivity contribution >= 4 is 11.3 Å². The standard InChI is InChI=1S/C14H20N4O2S/c1-10(2)13-16-12(20-17-13)9-18-6-3-11(4-7-18)19-14-15-5-8-21-14/h5,8,10-11H,3-4,6-7,9H2,1-2H3. The number of nitrogens with zero attached hydrogens (tertiary/aromatic N) is 4. The number of hydrogen-bond donors (Lipinski definition) is 0. The van der Waals surface area contributed by atoms with E-state index in [-0.39, 0.29) is 6.10 Å². The summed E-state index contributed by atoms with van der Waals surface area (Å²) in [5.74, 6) is 1.80. The Morgan fingerprint density at radius 1 is 1.43 bits per heavy atom. The predicted octanol–water partition coefficient (Wildman–Crippen LogP) is 2.69. The number of thiazole rings is 1. The lowest BCUT2D eigenvalue weighted by atomic mass is 10.1. The molecule has 0 saturated carbocycles. The summed E-state index contributed by atoms with van der Waals surface area (Å²) in [5, 5.41) is 6.71. The van der Waals surface area contributed by atoms with E-state index in [0.717, 1.165) is 43.5 Å². The summed E-state index contributed by atoms with van der Waals surface area (Å²) in [5.41, 5.74) is 0. The summed E-state index contributed by atoms with van der Waals surface area (Å²) in [6, 6.07) is 0. The molecule has 2 aromatic heterocycles. The molecule has 114 valence electrons. The van der Waals surface area contributed by atoms with Crippen molar-refractivity contribution < 1.29 is 9.26 Å². The van der Waals surface area contributed by atoms with E-state index in [9.17, 15) is 0 Å². The summed E-state index contributed by atoms with van der Waals surface area (Å²) in [6.45, 7) is 6.82. The summed E-state index contributed by atoms with van der Waals surface area (Å²) in [6.07, 6.45) is 4.05. The molecule has 0 radical (unpaired) electrons. The summed E-state index contributed by atoms with van der Waals surface area (Å²) < 4.78 is 11.2. The minimum atomic E-state index is 0.265. The van der Waals surface area contributed by atoms with Crippen LogP contribution in [-0.2, 0) is 6.54 Å². The second-order valence-corrected chi connectivity index (χ2v) is 6.45. The van der Waals surface area contributed by atoms with Crippen LogP contribution in [0.3, 0.4) is 0 Å². The fraction of sp³-hybridized carbons (Fsp3) is 0.643. The molecule has 1 saturated heterocycles. The lowest BCUT2D eigenvalue weighted by Crippen LogP contribution is -2.37. The van der Waals surface area contributed by atoms with Crippen molar-refractivity contribution in [2.24, 2.45) is 0 Å². The van der Waals surface area contributed by atoms with Gasteiger partial charge in [-0.15, -0.1) is 0 Å². The van der Waals surface area contributed by atoms with Gasteiger partial charge in [-0.3, -0.25) is 4.90 Å². The van der Waals surface area contributed by atoms with Crippen LogP contribution in [-0.4, -0.2) is 39.2 Å². The van der Waals surface area contributed by atoms with Crippen molar-refractivity contribution in [3.63, 3.8) is 0 Å². The van der Waals surface area contributed by atoms with Crippen LogP contribution in [0.2, 0.25) is 0 Å². The maximum absolute atomic E-state index is 5.86. The third kappa shape index (κ3) is 3.79. The number of hydrogen-bond acceptors (Lipinski definition) is 7. The average Bonchev–Trinajstić information content (AvgIpc) is 3.12. The van der Waals surface area contributed by atoms with Gasteiger partial charge in [0.05, 0.1) is 6.54 Å². The number of piperidine rings is 1. The maximum atomic E-state index is 5.86. The van der Waals surface area contributed by atoms with Gasteiger partial charge in [-0.1, -0.05) is 30.3 Å². The molecule has 0 amide bonds. The Labute approximate surface area is 128 Å². The zero-order valence-electron chi connectivity index (χ0n) is 12.4. The van der Waals surface area contributed by atoms with E-state index in [1.807, 2.05) is 5.38 Å². The molecule has 1 aliphatic heterocycles. The molecule has 0 bridgehead atoms. The highest BCUT2D eigenvalue weighted by Crippen LogP contribution is 2.21. The molecule has 2 aromatic rings. The number of rotatable bonds is 5. The van der Waals surface area contributed by atoms with Gasteiger partial charge in [0.15, 0.2) is 5.82 Å². The van der Waals surface area contributed by atoms with E-state index >= 15 is 0 Å². The summed E-state index contributed by atoms with van der Waals surface area (Å²) >= 11 is 1.55. The van der Waals surface area contributed by atoms with E-state index < -0.39 is 0 Å². The molecule has 7 heteroatoms. The van der Waals surface area contributed by atoms with E-state index in [1.165, 1.54) is 0 Å². The van der Waals surface area contributed by atoms with E-state index in [4.69, 9.17) is 9.26 Å². The van der Waals surface area contributed by atoms with E-state index in [0.29, 0.717) is 11.8 Å². The van der Waals surface area contributed by atoms with Crippen LogP contribution in [0.1, 0.15) is 44.3 Å². The molecule has 0 aromatic carbocycles. The van der Waals surface area contributed by atoms with Crippen molar-refractivity contribution in [3.8, 4) is 5.19 Å². The molecule has 0 spiro atoms. The Bertz CT molecular complexity index is 547. The molecule has 0 atom stereocenters. The van der Waals surface area contributed by atoms with Crippen LogP contribution in [0.15, 0.2) is 16.1 Å². The first-order chi connectivity index (χ1) is 10.2. The van der Waals surface area contributed by atoms with Crippen LogP contribution in [0.25, 0.3) is 0 Å². The molecule has 21 heavy (non-hydrogen) atoms. The van der Waals surface area contributed by atoms with Gasteiger partial charge >= 0.3 is 0 Å². The number of ether oxygens (including phenoxy) is 1. The molecule has 1 aliphatic rings. The van der Waals surface area contributed by atoms with Gasteiger partial charge in [-0.05, 0) is 12.8 Å². The van der Waals surface area contributed by atoms with Crippen LogP contribution < -0.4 is 4.74 Å². The molecular weight excluding hydrogens is 288 g/mol. The van der Waals surface area contributed by atoms with E-state index in [1.54, 1.807) is 17.5 Å². The largest absolute Gasteiger partial charge is 0.467 e. The maximum Gasteiger partial charge on any atom is 0.273 e. The Kier molecular flexibility index (Phi) is 4.50. The van der Waals surface area contributed by atoms with Gasteiger partial charge < -0.3 is 9.26 Å². The highest BCUT2D eigenvalue weighted by Gasteiger charge is 2.23. The molecule has 1 fully saturated rings. The van der Waals surface area contributed by atoms with Gasteiger partial charge in [-0.2, -0.15) is 4.98 Å². The van der Waals surface area contributed by atoms with Gasteiger partial charge in [0.2, 0.25) is 5.89 Å². The monoisotopic (exact) mass is 308 g/mol. The van der Waals surface area contributed by atoms with Crippen molar-refractivity contribution in [3.05, 3.63) is 23.3 Å². The first kappa shape index (κ1) is 14.5. The lowest BCUT2D eigenvalue weighted by Gasteiger charge is -2.30. The second kappa shape index (κ2) is 6.53. The van der Waals surface area contributed by atoms with Crippen molar-refractivity contribution in [1.82, 2.24) is 20.0 Å². The quantitative estimate of drug-likeness (QED) is 0.846. The van der Waals surface area contributed by atoms with Crippen molar-refractivity contribution in [1.29, 1.82) is 0 Å². The molecule has 0 aliphatic carbocycles. The third-order valence-corrected chi connectivity index (χ3v) is 4.23.